The van der Waals surface area contributed by atoms with Crippen LogP contribution in [0.3, 0.4) is 0 Å². The van der Waals surface area contributed by atoms with Crippen LogP contribution in [0, 0.1) is 5.92 Å². The fraction of sp³-hybridized carbons (Fsp3) is 0.286. The van der Waals surface area contributed by atoms with E-state index < -0.39 is 15.9 Å². The number of anilines is 2. The number of benzene rings is 2. The molecule has 0 radical (unpaired) electrons. The molecule has 1 amide bonds. The van der Waals surface area contributed by atoms with Gasteiger partial charge in [-0.3, -0.25) is 14.8 Å². The quantitative estimate of drug-likeness (QED) is 0.495. The van der Waals surface area contributed by atoms with Crippen LogP contribution < -0.4 is 14.8 Å². The van der Waals surface area contributed by atoms with Gasteiger partial charge in [0.15, 0.2) is 0 Å². The second kappa shape index (κ2) is 9.88. The molecular weight excluding hydrogens is 436 g/mol. The Morgan fingerprint density at radius 1 is 1.13 bits per heavy atom. The molecule has 0 bridgehead atoms. The normalized spacial score (nSPS) is 11.4. The van der Waals surface area contributed by atoms with Crippen LogP contribution in [0.2, 0.25) is 0 Å². The zero-order valence-corrected chi connectivity index (χ0v) is 19.1. The molecule has 3 aromatic rings. The summed E-state index contributed by atoms with van der Waals surface area (Å²) in [7, 11) is -3.87. The molecule has 1 aromatic heterocycles. The van der Waals surface area contributed by atoms with E-state index in [1.807, 2.05) is 6.92 Å². The number of carbonyl (C=O) groups excluding carboxylic acids is 1. The summed E-state index contributed by atoms with van der Waals surface area (Å²) in [5, 5.41) is 11.9. The molecule has 2 aromatic carbocycles. The zero-order valence-electron chi connectivity index (χ0n) is 17.5. The molecule has 2 N–H and O–H groups in total. The maximum atomic E-state index is 12.8. The Labute approximate surface area is 185 Å². The average molecular weight is 461 g/mol. The highest BCUT2D eigenvalue weighted by atomic mass is 32.2. The van der Waals surface area contributed by atoms with Crippen molar-refractivity contribution in [2.45, 2.75) is 32.1 Å². The van der Waals surface area contributed by atoms with E-state index in [4.69, 9.17) is 4.74 Å². The lowest BCUT2D eigenvalue weighted by Crippen LogP contribution is -2.16. The first kappa shape index (κ1) is 22.7. The third kappa shape index (κ3) is 6.25. The van der Waals surface area contributed by atoms with Crippen LogP contribution >= 0.6 is 11.3 Å². The molecule has 0 aliphatic rings. The summed E-state index contributed by atoms with van der Waals surface area (Å²) in [6.07, 6.45) is 0.776. The first-order valence-corrected chi connectivity index (χ1v) is 12.1. The lowest BCUT2D eigenvalue weighted by atomic mass is 10.1. The predicted octanol–water partition coefficient (Wildman–Crippen LogP) is 4.19. The topological polar surface area (TPSA) is 110 Å². The Kier molecular flexibility index (Phi) is 7.24. The molecular formula is C21H24N4O4S2. The van der Waals surface area contributed by atoms with E-state index in [9.17, 15) is 13.2 Å². The summed E-state index contributed by atoms with van der Waals surface area (Å²) < 4.78 is 33.4. The van der Waals surface area contributed by atoms with Crippen LogP contribution in [0.4, 0.5) is 10.8 Å². The first-order chi connectivity index (χ1) is 14.8. The number of nitrogens with zero attached hydrogens (tertiary/aromatic N) is 2. The van der Waals surface area contributed by atoms with Gasteiger partial charge in [0.2, 0.25) is 5.13 Å². The van der Waals surface area contributed by atoms with Crippen molar-refractivity contribution in [2.24, 2.45) is 5.92 Å². The largest absolute Gasteiger partial charge is 0.494 e. The van der Waals surface area contributed by atoms with Crippen LogP contribution in [0.5, 0.6) is 5.75 Å². The van der Waals surface area contributed by atoms with Gasteiger partial charge >= 0.3 is 0 Å². The monoisotopic (exact) mass is 460 g/mol. The summed E-state index contributed by atoms with van der Waals surface area (Å²) in [5.74, 6) is 0.629. The van der Waals surface area contributed by atoms with Crippen LogP contribution in [0.15, 0.2) is 53.4 Å². The Balaban J connectivity index is 1.72. The standard InChI is InChI=1S/C21H24N4O4S2/c1-4-29-17-10-8-16(9-11-17)25-31(27,28)18-7-5-6-15(13-18)20(26)22-21-24-23-19(30-21)12-14(2)3/h5-11,13-14,25H,4,12H2,1-3H3,(H,22,24,26). The molecule has 0 atom stereocenters. The molecule has 8 nitrogen and oxygen atoms in total. The van der Waals surface area contributed by atoms with Crippen molar-refractivity contribution in [1.82, 2.24) is 10.2 Å². The van der Waals surface area contributed by atoms with Crippen LogP contribution in [-0.2, 0) is 16.4 Å². The summed E-state index contributed by atoms with van der Waals surface area (Å²) in [4.78, 5) is 12.6. The first-order valence-electron chi connectivity index (χ1n) is 9.76. The number of hydrogen-bond acceptors (Lipinski definition) is 7. The van der Waals surface area contributed by atoms with Gasteiger partial charge in [-0.25, -0.2) is 8.42 Å². The molecule has 10 heteroatoms. The molecule has 0 aliphatic carbocycles. The van der Waals surface area contributed by atoms with Gasteiger partial charge in [-0.15, -0.1) is 10.2 Å². The van der Waals surface area contributed by atoms with E-state index >= 15 is 0 Å². The van der Waals surface area contributed by atoms with Crippen molar-refractivity contribution in [2.75, 3.05) is 16.6 Å². The van der Waals surface area contributed by atoms with Gasteiger partial charge in [0.25, 0.3) is 15.9 Å². The fourth-order valence-corrected chi connectivity index (χ4v) is 4.76. The van der Waals surface area contributed by atoms with E-state index in [1.165, 1.54) is 29.5 Å². The van der Waals surface area contributed by atoms with E-state index in [0.717, 1.165) is 11.4 Å². The Morgan fingerprint density at radius 2 is 1.87 bits per heavy atom. The maximum Gasteiger partial charge on any atom is 0.261 e. The molecule has 0 aliphatic heterocycles. The van der Waals surface area contributed by atoms with Crippen molar-refractivity contribution in [3.8, 4) is 5.75 Å². The highest BCUT2D eigenvalue weighted by Gasteiger charge is 2.18. The Bertz CT molecular complexity index is 1140. The van der Waals surface area contributed by atoms with Gasteiger partial charge < -0.3 is 4.74 Å². The highest BCUT2D eigenvalue weighted by Crippen LogP contribution is 2.22. The van der Waals surface area contributed by atoms with E-state index in [1.54, 1.807) is 30.3 Å². The third-order valence-corrected chi connectivity index (χ3v) is 6.33. The lowest BCUT2D eigenvalue weighted by molar-refractivity contribution is 0.102. The second-order valence-electron chi connectivity index (χ2n) is 7.14. The van der Waals surface area contributed by atoms with Gasteiger partial charge in [0.1, 0.15) is 10.8 Å². The van der Waals surface area contributed by atoms with Gasteiger partial charge in [-0.05, 0) is 55.3 Å². The van der Waals surface area contributed by atoms with Crippen molar-refractivity contribution in [1.29, 1.82) is 0 Å². The van der Waals surface area contributed by atoms with Crippen molar-refractivity contribution in [3.05, 3.63) is 59.1 Å². The van der Waals surface area contributed by atoms with Gasteiger partial charge in [0, 0.05) is 17.7 Å². The minimum Gasteiger partial charge on any atom is -0.494 e. The maximum absolute atomic E-state index is 12.8. The number of nitrogens with one attached hydrogen (secondary N) is 2. The highest BCUT2D eigenvalue weighted by molar-refractivity contribution is 7.92. The zero-order chi connectivity index (χ0) is 22.4. The van der Waals surface area contributed by atoms with Crippen LogP contribution in [0.1, 0.15) is 36.1 Å². The SMILES string of the molecule is CCOc1ccc(NS(=O)(=O)c2cccc(C(=O)Nc3nnc(CC(C)C)s3)c2)cc1. The van der Waals surface area contributed by atoms with E-state index in [2.05, 4.69) is 34.1 Å². The van der Waals surface area contributed by atoms with Gasteiger partial charge in [0.05, 0.1) is 11.5 Å². The van der Waals surface area contributed by atoms with E-state index in [0.29, 0.717) is 29.1 Å². The lowest BCUT2D eigenvalue weighted by Gasteiger charge is -2.10. The summed E-state index contributed by atoms with van der Waals surface area (Å²) in [5.41, 5.74) is 0.597. The molecule has 0 unspecified atom stereocenters. The summed E-state index contributed by atoms with van der Waals surface area (Å²) in [6.45, 7) is 6.55. The molecule has 0 fully saturated rings. The van der Waals surface area contributed by atoms with E-state index in [-0.39, 0.29) is 10.5 Å². The molecule has 0 spiro atoms. The predicted molar refractivity (Wildman–Crippen MR) is 121 cm³/mol. The second-order valence-corrected chi connectivity index (χ2v) is 9.89. The van der Waals surface area contributed by atoms with Gasteiger partial charge in [-0.2, -0.15) is 0 Å². The molecule has 3 rings (SSSR count). The minimum absolute atomic E-state index is 0.0215. The number of carbonyl (C=O) groups is 1. The third-order valence-electron chi connectivity index (χ3n) is 4.09. The van der Waals surface area contributed by atoms with Crippen molar-refractivity contribution < 1.29 is 17.9 Å². The number of rotatable bonds is 9. The summed E-state index contributed by atoms with van der Waals surface area (Å²) in [6, 6.07) is 12.4. The molecule has 1 heterocycles. The Morgan fingerprint density at radius 3 is 2.55 bits per heavy atom. The Hall–Kier alpha value is -2.98. The molecule has 0 saturated heterocycles. The van der Waals surface area contributed by atoms with Crippen molar-refractivity contribution in [3.63, 3.8) is 0 Å². The number of amides is 1. The van der Waals surface area contributed by atoms with Crippen molar-refractivity contribution >= 4 is 38.1 Å². The number of aromatic nitrogens is 2. The number of hydrogen-bond donors (Lipinski definition) is 2. The van der Waals surface area contributed by atoms with Crippen LogP contribution in [0.25, 0.3) is 0 Å². The fourth-order valence-electron chi connectivity index (χ4n) is 2.71. The smallest absolute Gasteiger partial charge is 0.261 e. The average Bonchev–Trinajstić information content (AvgIpc) is 3.15. The molecule has 31 heavy (non-hydrogen) atoms. The number of sulfonamides is 1. The number of ether oxygens (including phenoxy) is 1. The summed E-state index contributed by atoms with van der Waals surface area (Å²) >= 11 is 1.31. The molecule has 164 valence electrons. The van der Waals surface area contributed by atoms with Crippen LogP contribution in [-0.4, -0.2) is 31.1 Å². The molecule has 0 saturated carbocycles. The minimum atomic E-state index is -3.87. The van der Waals surface area contributed by atoms with Gasteiger partial charge in [-0.1, -0.05) is 31.3 Å².